The average Bonchev–Trinajstić information content (AvgIpc) is 3.30. The number of nitrogens with zero attached hydrogens (tertiary/aromatic N) is 3. The zero-order valence-electron chi connectivity index (χ0n) is 22.1. The third-order valence-electron chi connectivity index (χ3n) is 5.51. The summed E-state index contributed by atoms with van der Waals surface area (Å²) >= 11 is 7.46. The average molecular weight is 570 g/mol. The van der Waals surface area contributed by atoms with Crippen molar-refractivity contribution in [2.45, 2.75) is 44.9 Å². The number of allylic oxidation sites excluding steroid dienone is 1. The Kier molecular flexibility index (Phi) is 11.1. The first kappa shape index (κ1) is 29.9. The molecule has 3 aromatic rings. The minimum atomic E-state index is -0.428. The van der Waals surface area contributed by atoms with Gasteiger partial charge in [0.1, 0.15) is 0 Å². The van der Waals surface area contributed by atoms with Crippen LogP contribution in [0.25, 0.3) is 0 Å². The largest absolute Gasteiger partial charge is 0.462 e. The number of hydrogen-bond acceptors (Lipinski definition) is 7. The number of aromatic nitrogens is 3. The summed E-state index contributed by atoms with van der Waals surface area (Å²) in [5, 5.41) is 15.4. The van der Waals surface area contributed by atoms with Gasteiger partial charge in [0.25, 0.3) is 5.91 Å². The van der Waals surface area contributed by atoms with Gasteiger partial charge in [-0.25, -0.2) is 4.79 Å². The van der Waals surface area contributed by atoms with Crippen molar-refractivity contribution in [2.75, 3.05) is 17.7 Å². The van der Waals surface area contributed by atoms with E-state index in [1.165, 1.54) is 11.8 Å². The van der Waals surface area contributed by atoms with Crippen molar-refractivity contribution in [1.29, 1.82) is 0 Å². The number of halogens is 1. The lowest BCUT2D eigenvalue weighted by atomic mass is 10.0. The summed E-state index contributed by atoms with van der Waals surface area (Å²) in [7, 11) is 0. The molecular formula is C28H32ClN5O4S. The van der Waals surface area contributed by atoms with Crippen molar-refractivity contribution < 1.29 is 19.1 Å². The van der Waals surface area contributed by atoms with Crippen LogP contribution in [0.15, 0.2) is 66.3 Å². The van der Waals surface area contributed by atoms with Gasteiger partial charge in [0, 0.05) is 12.2 Å². The highest BCUT2D eigenvalue weighted by molar-refractivity contribution is 7.99. The topological polar surface area (TPSA) is 115 Å². The SMILES string of the molecule is C=CCn1c(SCC(=O)Nc2ccc(C(=O)OCC)cc2)nnc1[C@H](CC(C)C)NC(=O)c1ccccc1Cl. The molecule has 2 aromatic carbocycles. The molecule has 0 aliphatic heterocycles. The molecule has 0 saturated carbocycles. The van der Waals surface area contributed by atoms with E-state index in [0.717, 1.165) is 0 Å². The van der Waals surface area contributed by atoms with Crippen LogP contribution in [0.5, 0.6) is 0 Å². The Hall–Kier alpha value is -3.63. The number of carbonyl (C=O) groups is 3. The molecule has 0 fully saturated rings. The Morgan fingerprint density at radius 3 is 2.49 bits per heavy atom. The highest BCUT2D eigenvalue weighted by Crippen LogP contribution is 2.26. The lowest BCUT2D eigenvalue weighted by Crippen LogP contribution is -2.32. The van der Waals surface area contributed by atoms with Crippen molar-refractivity contribution in [3.63, 3.8) is 0 Å². The number of benzene rings is 2. The highest BCUT2D eigenvalue weighted by atomic mass is 35.5. The van der Waals surface area contributed by atoms with Gasteiger partial charge in [-0.05, 0) is 55.7 Å². The number of nitrogens with one attached hydrogen (secondary N) is 2. The number of amides is 2. The van der Waals surface area contributed by atoms with E-state index in [0.29, 0.717) is 52.4 Å². The van der Waals surface area contributed by atoms with Gasteiger partial charge >= 0.3 is 5.97 Å². The molecule has 3 rings (SSSR count). The minimum Gasteiger partial charge on any atom is -0.462 e. The molecule has 0 spiro atoms. The molecule has 1 heterocycles. The molecule has 2 N–H and O–H groups in total. The molecule has 1 atom stereocenters. The summed E-state index contributed by atoms with van der Waals surface area (Å²) in [4.78, 5) is 37.5. The predicted molar refractivity (Wildman–Crippen MR) is 153 cm³/mol. The number of carbonyl (C=O) groups excluding carboxylic acids is 3. The van der Waals surface area contributed by atoms with E-state index in [1.807, 2.05) is 4.57 Å². The third-order valence-corrected chi connectivity index (χ3v) is 6.81. The summed E-state index contributed by atoms with van der Waals surface area (Å²) in [6.07, 6.45) is 2.34. The van der Waals surface area contributed by atoms with E-state index in [1.54, 1.807) is 61.5 Å². The number of ether oxygens (including phenoxy) is 1. The Bertz CT molecular complexity index is 1310. The van der Waals surface area contributed by atoms with Crippen LogP contribution >= 0.6 is 23.4 Å². The Morgan fingerprint density at radius 2 is 1.85 bits per heavy atom. The maximum atomic E-state index is 13.0. The van der Waals surface area contributed by atoms with Gasteiger partial charge in [-0.2, -0.15) is 0 Å². The molecule has 0 radical (unpaired) electrons. The summed E-state index contributed by atoms with van der Waals surface area (Å²) < 4.78 is 6.82. The second kappa shape index (κ2) is 14.5. The van der Waals surface area contributed by atoms with Crippen LogP contribution in [-0.4, -0.2) is 44.9 Å². The Balaban J connectivity index is 1.71. The van der Waals surface area contributed by atoms with Crippen LogP contribution in [0.2, 0.25) is 5.02 Å². The van der Waals surface area contributed by atoms with Crippen LogP contribution in [0, 0.1) is 5.92 Å². The first-order valence-electron chi connectivity index (χ1n) is 12.5. The molecule has 0 saturated heterocycles. The van der Waals surface area contributed by atoms with Gasteiger partial charge in [-0.1, -0.05) is 55.4 Å². The first-order chi connectivity index (χ1) is 18.7. The highest BCUT2D eigenvalue weighted by Gasteiger charge is 2.25. The zero-order chi connectivity index (χ0) is 28.4. The van der Waals surface area contributed by atoms with E-state index in [2.05, 4.69) is 41.3 Å². The van der Waals surface area contributed by atoms with Gasteiger partial charge in [0.15, 0.2) is 11.0 Å². The van der Waals surface area contributed by atoms with E-state index in [9.17, 15) is 14.4 Å². The first-order valence-corrected chi connectivity index (χ1v) is 13.9. The zero-order valence-corrected chi connectivity index (χ0v) is 23.7. The van der Waals surface area contributed by atoms with Crippen molar-refractivity contribution >= 4 is 46.8 Å². The molecule has 206 valence electrons. The van der Waals surface area contributed by atoms with Crippen LogP contribution in [0.4, 0.5) is 5.69 Å². The molecule has 11 heteroatoms. The van der Waals surface area contributed by atoms with Gasteiger partial charge in [0.2, 0.25) is 5.91 Å². The molecule has 0 aliphatic carbocycles. The molecule has 1 aromatic heterocycles. The number of hydrogen-bond donors (Lipinski definition) is 2. The molecule has 2 amide bonds. The summed E-state index contributed by atoms with van der Waals surface area (Å²) in [6.45, 7) is 10.4. The fraction of sp³-hybridized carbons (Fsp3) is 0.321. The second-order valence-electron chi connectivity index (χ2n) is 9.01. The fourth-order valence-electron chi connectivity index (χ4n) is 3.78. The van der Waals surface area contributed by atoms with E-state index >= 15 is 0 Å². The lowest BCUT2D eigenvalue weighted by Gasteiger charge is -2.21. The van der Waals surface area contributed by atoms with Crippen molar-refractivity contribution in [3.8, 4) is 0 Å². The summed E-state index contributed by atoms with van der Waals surface area (Å²) in [5.41, 5.74) is 1.34. The van der Waals surface area contributed by atoms with E-state index in [-0.39, 0.29) is 23.5 Å². The van der Waals surface area contributed by atoms with E-state index < -0.39 is 12.0 Å². The Labute approximate surface area is 237 Å². The molecule has 0 aliphatic rings. The van der Waals surface area contributed by atoms with Crippen molar-refractivity contribution in [3.05, 3.63) is 83.2 Å². The maximum absolute atomic E-state index is 13.0. The minimum absolute atomic E-state index is 0.0791. The summed E-state index contributed by atoms with van der Waals surface area (Å²) in [6, 6.07) is 12.9. The second-order valence-corrected chi connectivity index (χ2v) is 10.4. The monoisotopic (exact) mass is 569 g/mol. The van der Waals surface area contributed by atoms with Crippen LogP contribution in [0.3, 0.4) is 0 Å². The third kappa shape index (κ3) is 8.43. The van der Waals surface area contributed by atoms with Gasteiger partial charge in [0.05, 0.1) is 34.6 Å². The van der Waals surface area contributed by atoms with Gasteiger partial charge in [-0.15, -0.1) is 16.8 Å². The number of esters is 1. The lowest BCUT2D eigenvalue weighted by molar-refractivity contribution is -0.113. The van der Waals surface area contributed by atoms with Crippen LogP contribution in [0.1, 0.15) is 59.8 Å². The number of thioether (sulfide) groups is 1. The molecular weight excluding hydrogens is 538 g/mol. The number of rotatable bonds is 13. The molecule has 0 unspecified atom stereocenters. The van der Waals surface area contributed by atoms with Crippen LogP contribution in [-0.2, 0) is 16.1 Å². The molecule has 0 bridgehead atoms. The van der Waals surface area contributed by atoms with Gasteiger partial charge < -0.3 is 19.9 Å². The maximum Gasteiger partial charge on any atom is 0.338 e. The number of anilines is 1. The standard InChI is InChI=1S/C28H32ClN5O4S/c1-5-15-34-25(23(16-18(3)4)31-26(36)21-9-7-8-10-22(21)29)32-33-28(34)39-17-24(35)30-20-13-11-19(12-14-20)27(37)38-6-2/h5,7-14,18,23H,1,6,15-17H2,2-4H3,(H,30,35)(H,31,36)/t23-/m0/s1. The Morgan fingerprint density at radius 1 is 1.13 bits per heavy atom. The fourth-order valence-corrected chi connectivity index (χ4v) is 4.75. The molecule has 9 nitrogen and oxygen atoms in total. The smallest absolute Gasteiger partial charge is 0.338 e. The normalized spacial score (nSPS) is 11.6. The van der Waals surface area contributed by atoms with Crippen molar-refractivity contribution in [2.24, 2.45) is 5.92 Å². The predicted octanol–water partition coefficient (Wildman–Crippen LogP) is 5.54. The quantitative estimate of drug-likeness (QED) is 0.158. The molecule has 39 heavy (non-hydrogen) atoms. The van der Waals surface area contributed by atoms with E-state index in [4.69, 9.17) is 16.3 Å². The van der Waals surface area contributed by atoms with Crippen LogP contribution < -0.4 is 10.6 Å². The van der Waals surface area contributed by atoms with Gasteiger partial charge in [-0.3, -0.25) is 9.59 Å². The summed E-state index contributed by atoms with van der Waals surface area (Å²) in [5.74, 6) is -0.0576. The van der Waals surface area contributed by atoms with Crippen molar-refractivity contribution in [1.82, 2.24) is 20.1 Å².